The molecule has 0 saturated heterocycles. The predicted molar refractivity (Wildman–Crippen MR) is 67.5 cm³/mol. The summed E-state index contributed by atoms with van der Waals surface area (Å²) in [6.45, 7) is 3.39. The first-order valence-corrected chi connectivity index (χ1v) is 5.84. The molecule has 1 unspecified atom stereocenters. The Kier molecular flexibility index (Phi) is 4.95. The lowest BCUT2D eigenvalue weighted by Gasteiger charge is -2.21. The van der Waals surface area contributed by atoms with E-state index in [1.54, 1.807) is 13.8 Å². The van der Waals surface area contributed by atoms with Gasteiger partial charge in [-0.05, 0) is 5.92 Å². The molecule has 0 aliphatic rings. The second-order valence-electron chi connectivity index (χ2n) is 4.63. The van der Waals surface area contributed by atoms with Gasteiger partial charge in [-0.15, -0.1) is 0 Å². The third kappa shape index (κ3) is 3.87. The molecule has 110 valence electrons. The van der Waals surface area contributed by atoms with Gasteiger partial charge in [0.25, 0.3) is 0 Å². The van der Waals surface area contributed by atoms with E-state index in [9.17, 15) is 23.7 Å². The first-order chi connectivity index (χ1) is 9.22. The van der Waals surface area contributed by atoms with E-state index in [-0.39, 0.29) is 18.0 Å². The van der Waals surface area contributed by atoms with Crippen molar-refractivity contribution >= 4 is 17.3 Å². The Bertz CT molecular complexity index is 534. The van der Waals surface area contributed by atoms with Crippen LogP contribution in [0.4, 0.5) is 20.2 Å². The monoisotopic (exact) mass is 288 g/mol. The summed E-state index contributed by atoms with van der Waals surface area (Å²) in [5.41, 5.74) is -1.27. The van der Waals surface area contributed by atoms with Gasteiger partial charge in [0.05, 0.1) is 11.3 Å². The lowest BCUT2D eigenvalue weighted by atomic mass is 10.0. The molecule has 0 spiro atoms. The highest BCUT2D eigenvalue weighted by Gasteiger charge is 2.26. The van der Waals surface area contributed by atoms with Gasteiger partial charge in [-0.2, -0.15) is 4.39 Å². The second-order valence-corrected chi connectivity index (χ2v) is 4.63. The Morgan fingerprint density at radius 1 is 1.45 bits per heavy atom. The van der Waals surface area contributed by atoms with Crippen molar-refractivity contribution in [3.63, 3.8) is 0 Å². The van der Waals surface area contributed by atoms with Gasteiger partial charge >= 0.3 is 11.7 Å². The van der Waals surface area contributed by atoms with Gasteiger partial charge in [-0.25, -0.2) is 4.39 Å². The Morgan fingerprint density at radius 3 is 2.50 bits per heavy atom. The summed E-state index contributed by atoms with van der Waals surface area (Å²) in [7, 11) is 0. The van der Waals surface area contributed by atoms with Gasteiger partial charge in [-0.1, -0.05) is 13.8 Å². The molecule has 0 bridgehead atoms. The number of nitro groups is 1. The lowest BCUT2D eigenvalue weighted by Crippen LogP contribution is -2.29. The molecule has 0 radical (unpaired) electrons. The van der Waals surface area contributed by atoms with Crippen LogP contribution in [0.25, 0.3) is 0 Å². The number of carbonyl (C=O) groups is 1. The molecular weight excluding hydrogens is 274 g/mol. The molecule has 1 atom stereocenters. The summed E-state index contributed by atoms with van der Waals surface area (Å²) in [6, 6.07) is 0.496. The maximum absolute atomic E-state index is 13.4. The number of rotatable bonds is 6. The van der Waals surface area contributed by atoms with Crippen molar-refractivity contribution < 1.29 is 23.6 Å². The number of carboxylic acid groups (broad SMARTS) is 1. The molecule has 0 aliphatic carbocycles. The number of carboxylic acids is 1. The number of anilines is 1. The third-order valence-corrected chi connectivity index (χ3v) is 2.75. The van der Waals surface area contributed by atoms with E-state index >= 15 is 0 Å². The molecule has 0 fully saturated rings. The molecular formula is C12H14F2N2O4. The van der Waals surface area contributed by atoms with E-state index < -0.39 is 34.3 Å². The topological polar surface area (TPSA) is 92.5 Å². The van der Waals surface area contributed by atoms with Gasteiger partial charge in [-0.3, -0.25) is 14.9 Å². The molecule has 0 heterocycles. The number of halogens is 2. The van der Waals surface area contributed by atoms with Gasteiger partial charge in [0, 0.05) is 18.2 Å². The maximum atomic E-state index is 13.4. The van der Waals surface area contributed by atoms with E-state index in [2.05, 4.69) is 5.32 Å². The number of hydrogen-bond acceptors (Lipinski definition) is 4. The number of nitro benzene ring substituents is 1. The van der Waals surface area contributed by atoms with Crippen molar-refractivity contribution in [3.8, 4) is 0 Å². The zero-order valence-corrected chi connectivity index (χ0v) is 10.9. The van der Waals surface area contributed by atoms with Crippen LogP contribution < -0.4 is 5.32 Å². The zero-order valence-electron chi connectivity index (χ0n) is 10.9. The molecule has 0 aromatic heterocycles. The zero-order chi connectivity index (χ0) is 15.4. The van der Waals surface area contributed by atoms with E-state index in [1.165, 1.54) is 0 Å². The van der Waals surface area contributed by atoms with Crippen LogP contribution in [0.15, 0.2) is 12.1 Å². The van der Waals surface area contributed by atoms with Crippen LogP contribution in [-0.4, -0.2) is 22.0 Å². The molecule has 0 amide bonds. The van der Waals surface area contributed by atoms with Crippen molar-refractivity contribution in [3.05, 3.63) is 33.9 Å². The summed E-state index contributed by atoms with van der Waals surface area (Å²) >= 11 is 0. The SMILES string of the molecule is CC(C)C(CC(=O)O)Nc1cc(F)cc(F)c1[N+](=O)[O-]. The number of nitrogens with zero attached hydrogens (tertiary/aromatic N) is 1. The largest absolute Gasteiger partial charge is 0.481 e. The first-order valence-electron chi connectivity index (χ1n) is 5.84. The van der Waals surface area contributed by atoms with Crippen LogP contribution in [0, 0.1) is 27.7 Å². The first kappa shape index (κ1) is 15.8. The summed E-state index contributed by atoms with van der Waals surface area (Å²) < 4.78 is 26.6. The van der Waals surface area contributed by atoms with Crippen LogP contribution in [0.2, 0.25) is 0 Å². The van der Waals surface area contributed by atoms with Crippen molar-refractivity contribution in [2.75, 3.05) is 5.32 Å². The molecule has 6 nitrogen and oxygen atoms in total. The minimum Gasteiger partial charge on any atom is -0.481 e. The van der Waals surface area contributed by atoms with Crippen molar-refractivity contribution in [2.45, 2.75) is 26.3 Å². The van der Waals surface area contributed by atoms with Gasteiger partial charge in [0.15, 0.2) is 0 Å². The molecule has 1 aromatic rings. The highest BCUT2D eigenvalue weighted by atomic mass is 19.1. The van der Waals surface area contributed by atoms with Crippen LogP contribution in [0.1, 0.15) is 20.3 Å². The van der Waals surface area contributed by atoms with E-state index in [1.807, 2.05) is 0 Å². The fraction of sp³-hybridized carbons (Fsp3) is 0.417. The number of hydrogen-bond donors (Lipinski definition) is 2. The minimum absolute atomic E-state index is 0.197. The Balaban J connectivity index is 3.17. The van der Waals surface area contributed by atoms with E-state index in [0.717, 1.165) is 6.07 Å². The molecule has 1 rings (SSSR count). The summed E-state index contributed by atoms with van der Waals surface area (Å²) in [6.07, 6.45) is -0.326. The fourth-order valence-corrected chi connectivity index (χ4v) is 1.70. The molecule has 0 saturated carbocycles. The Hall–Kier alpha value is -2.25. The van der Waals surface area contributed by atoms with Crippen LogP contribution in [0.3, 0.4) is 0 Å². The third-order valence-electron chi connectivity index (χ3n) is 2.75. The molecule has 8 heteroatoms. The van der Waals surface area contributed by atoms with Gasteiger partial charge in [0.2, 0.25) is 5.82 Å². The Labute approximate surface area is 113 Å². The highest BCUT2D eigenvalue weighted by molar-refractivity contribution is 5.69. The standard InChI is InChI=1S/C12H14F2N2O4/c1-6(2)9(5-11(17)18)15-10-4-7(13)3-8(14)12(10)16(19)20/h3-4,6,9,15H,5H2,1-2H3,(H,17,18). The normalized spacial score (nSPS) is 12.2. The summed E-state index contributed by atoms with van der Waals surface area (Å²) in [5, 5.41) is 22.1. The molecule has 20 heavy (non-hydrogen) atoms. The second kappa shape index (κ2) is 6.27. The molecule has 2 N–H and O–H groups in total. The molecule has 1 aromatic carbocycles. The minimum atomic E-state index is -1.31. The van der Waals surface area contributed by atoms with Crippen LogP contribution in [0.5, 0.6) is 0 Å². The summed E-state index contributed by atoms with van der Waals surface area (Å²) in [4.78, 5) is 20.6. The molecule has 0 aliphatic heterocycles. The summed E-state index contributed by atoms with van der Waals surface area (Å²) in [5.74, 6) is -3.60. The fourth-order valence-electron chi connectivity index (χ4n) is 1.70. The number of benzene rings is 1. The van der Waals surface area contributed by atoms with Crippen molar-refractivity contribution in [1.82, 2.24) is 0 Å². The van der Waals surface area contributed by atoms with E-state index in [0.29, 0.717) is 6.07 Å². The highest BCUT2D eigenvalue weighted by Crippen LogP contribution is 2.30. The van der Waals surface area contributed by atoms with Crippen LogP contribution in [-0.2, 0) is 4.79 Å². The predicted octanol–water partition coefficient (Wildman–Crippen LogP) is 2.78. The van der Waals surface area contributed by atoms with Gasteiger partial charge in [0.1, 0.15) is 11.5 Å². The number of nitrogens with one attached hydrogen (secondary N) is 1. The van der Waals surface area contributed by atoms with Crippen molar-refractivity contribution in [2.24, 2.45) is 5.92 Å². The van der Waals surface area contributed by atoms with Gasteiger partial charge < -0.3 is 10.4 Å². The smallest absolute Gasteiger partial charge is 0.327 e. The maximum Gasteiger partial charge on any atom is 0.327 e. The van der Waals surface area contributed by atoms with Crippen molar-refractivity contribution in [1.29, 1.82) is 0 Å². The van der Waals surface area contributed by atoms with E-state index in [4.69, 9.17) is 5.11 Å². The number of aliphatic carboxylic acids is 1. The quantitative estimate of drug-likeness (QED) is 0.620. The average Bonchev–Trinajstić information content (AvgIpc) is 2.25. The van der Waals surface area contributed by atoms with Crippen LogP contribution >= 0.6 is 0 Å². The Morgan fingerprint density at radius 2 is 2.05 bits per heavy atom. The lowest BCUT2D eigenvalue weighted by molar-refractivity contribution is -0.386. The average molecular weight is 288 g/mol.